The van der Waals surface area contributed by atoms with Gasteiger partial charge >= 0.3 is 0 Å². The summed E-state index contributed by atoms with van der Waals surface area (Å²) in [6.07, 6.45) is 1.51. The molecule has 1 amide bonds. The standard InChI is InChI=1S/C20H18N6O/c1-14-11-19(15(2)26(14)17-8-4-3-5-9-17)20(27)22-16-7-6-10-18(12-16)25-13-21-23-24-25/h3-13H,1-2H3,(H,22,27). The Morgan fingerprint density at radius 1 is 0.963 bits per heavy atom. The van der Waals surface area contributed by atoms with Gasteiger partial charge < -0.3 is 9.88 Å². The zero-order valence-electron chi connectivity index (χ0n) is 15.0. The molecule has 0 aliphatic rings. The Kier molecular flexibility index (Phi) is 4.25. The van der Waals surface area contributed by atoms with Crippen molar-refractivity contribution in [1.29, 1.82) is 0 Å². The number of hydrogen-bond acceptors (Lipinski definition) is 4. The predicted molar refractivity (Wildman–Crippen MR) is 102 cm³/mol. The molecule has 7 heteroatoms. The molecule has 0 fully saturated rings. The zero-order valence-corrected chi connectivity index (χ0v) is 15.0. The third-order valence-corrected chi connectivity index (χ3v) is 4.41. The van der Waals surface area contributed by atoms with E-state index in [2.05, 4.69) is 25.4 Å². The number of amides is 1. The second kappa shape index (κ2) is 6.87. The number of rotatable bonds is 4. The van der Waals surface area contributed by atoms with Crippen LogP contribution in [-0.2, 0) is 0 Å². The molecule has 27 heavy (non-hydrogen) atoms. The Morgan fingerprint density at radius 3 is 2.48 bits per heavy atom. The molecule has 0 aliphatic carbocycles. The van der Waals surface area contributed by atoms with Gasteiger partial charge in [-0.05, 0) is 60.7 Å². The minimum Gasteiger partial charge on any atom is -0.322 e. The highest BCUT2D eigenvalue weighted by molar-refractivity contribution is 6.05. The molecule has 0 radical (unpaired) electrons. The smallest absolute Gasteiger partial charge is 0.257 e. The van der Waals surface area contributed by atoms with Gasteiger partial charge in [0.05, 0.1) is 11.3 Å². The van der Waals surface area contributed by atoms with Crippen LogP contribution in [0.4, 0.5) is 5.69 Å². The van der Waals surface area contributed by atoms with Crippen molar-refractivity contribution in [2.45, 2.75) is 13.8 Å². The van der Waals surface area contributed by atoms with Gasteiger partial charge in [-0.3, -0.25) is 4.79 Å². The lowest BCUT2D eigenvalue weighted by atomic mass is 10.2. The first-order valence-corrected chi connectivity index (χ1v) is 8.52. The average molecular weight is 358 g/mol. The fraction of sp³-hybridized carbons (Fsp3) is 0.100. The van der Waals surface area contributed by atoms with Gasteiger partial charge in [0.2, 0.25) is 0 Å². The van der Waals surface area contributed by atoms with Gasteiger partial charge in [0.15, 0.2) is 0 Å². The summed E-state index contributed by atoms with van der Waals surface area (Å²) in [5, 5.41) is 14.1. The zero-order chi connectivity index (χ0) is 18.8. The van der Waals surface area contributed by atoms with Crippen molar-refractivity contribution in [2.24, 2.45) is 0 Å². The Labute approximate surface area is 156 Å². The van der Waals surface area contributed by atoms with Crippen LogP contribution >= 0.6 is 0 Å². The van der Waals surface area contributed by atoms with Crippen LogP contribution in [0.3, 0.4) is 0 Å². The molecule has 7 nitrogen and oxygen atoms in total. The molecule has 1 N–H and O–H groups in total. The number of para-hydroxylation sites is 1. The van der Waals surface area contributed by atoms with Gasteiger partial charge in [-0.25, -0.2) is 4.68 Å². The van der Waals surface area contributed by atoms with Gasteiger partial charge in [-0.15, -0.1) is 5.10 Å². The van der Waals surface area contributed by atoms with Crippen molar-refractivity contribution in [3.8, 4) is 11.4 Å². The topological polar surface area (TPSA) is 77.6 Å². The fourth-order valence-corrected chi connectivity index (χ4v) is 3.17. The number of carbonyl (C=O) groups is 1. The summed E-state index contributed by atoms with van der Waals surface area (Å²) in [6.45, 7) is 3.95. The Morgan fingerprint density at radius 2 is 1.74 bits per heavy atom. The maximum absolute atomic E-state index is 12.9. The van der Waals surface area contributed by atoms with E-state index in [0.29, 0.717) is 11.3 Å². The molecule has 0 spiro atoms. The summed E-state index contributed by atoms with van der Waals surface area (Å²) in [4.78, 5) is 12.9. The second-order valence-electron chi connectivity index (χ2n) is 6.21. The number of tetrazole rings is 1. The van der Waals surface area contributed by atoms with E-state index >= 15 is 0 Å². The highest BCUT2D eigenvalue weighted by atomic mass is 16.1. The second-order valence-corrected chi connectivity index (χ2v) is 6.21. The van der Waals surface area contributed by atoms with Crippen molar-refractivity contribution in [2.75, 3.05) is 5.32 Å². The molecule has 2 aromatic carbocycles. The number of hydrogen-bond donors (Lipinski definition) is 1. The maximum atomic E-state index is 12.9. The van der Waals surface area contributed by atoms with E-state index in [0.717, 1.165) is 22.8 Å². The number of aryl methyl sites for hydroxylation is 1. The largest absolute Gasteiger partial charge is 0.322 e. The molecular weight excluding hydrogens is 340 g/mol. The van der Waals surface area contributed by atoms with Crippen LogP contribution in [0.15, 0.2) is 67.0 Å². The number of aromatic nitrogens is 5. The van der Waals surface area contributed by atoms with Gasteiger partial charge in [-0.2, -0.15) is 0 Å². The van der Waals surface area contributed by atoms with E-state index < -0.39 is 0 Å². The first kappa shape index (κ1) is 16.7. The molecule has 2 heterocycles. The lowest BCUT2D eigenvalue weighted by Gasteiger charge is -2.10. The summed E-state index contributed by atoms with van der Waals surface area (Å²) in [7, 11) is 0. The first-order chi connectivity index (χ1) is 13.1. The highest BCUT2D eigenvalue weighted by Crippen LogP contribution is 2.22. The normalized spacial score (nSPS) is 10.7. The van der Waals surface area contributed by atoms with Crippen molar-refractivity contribution >= 4 is 11.6 Å². The van der Waals surface area contributed by atoms with E-state index in [1.165, 1.54) is 11.0 Å². The highest BCUT2D eigenvalue weighted by Gasteiger charge is 2.17. The van der Waals surface area contributed by atoms with Crippen molar-refractivity contribution < 1.29 is 4.79 Å². The van der Waals surface area contributed by atoms with Crippen LogP contribution in [0.1, 0.15) is 21.7 Å². The number of nitrogens with one attached hydrogen (secondary N) is 1. The summed E-state index contributed by atoms with van der Waals surface area (Å²) in [5.41, 5.74) is 5.03. The number of carbonyl (C=O) groups excluding carboxylic acids is 1. The van der Waals surface area contributed by atoms with Gasteiger partial charge in [0.25, 0.3) is 5.91 Å². The van der Waals surface area contributed by atoms with Crippen LogP contribution in [0.2, 0.25) is 0 Å². The molecule has 2 aromatic heterocycles. The molecule has 4 aromatic rings. The van der Waals surface area contributed by atoms with Crippen molar-refractivity contribution in [1.82, 2.24) is 24.8 Å². The van der Waals surface area contributed by atoms with E-state index in [-0.39, 0.29) is 5.91 Å². The monoisotopic (exact) mass is 358 g/mol. The van der Waals surface area contributed by atoms with Gasteiger partial charge in [-0.1, -0.05) is 24.3 Å². The molecule has 0 unspecified atom stereocenters. The van der Waals surface area contributed by atoms with E-state index in [1.807, 2.05) is 74.5 Å². The van der Waals surface area contributed by atoms with Gasteiger partial charge in [0, 0.05) is 22.8 Å². The molecule has 0 aliphatic heterocycles. The molecule has 134 valence electrons. The van der Waals surface area contributed by atoms with Crippen LogP contribution in [0.25, 0.3) is 11.4 Å². The maximum Gasteiger partial charge on any atom is 0.257 e. The molecule has 0 saturated heterocycles. The first-order valence-electron chi connectivity index (χ1n) is 8.52. The van der Waals surface area contributed by atoms with E-state index in [4.69, 9.17) is 0 Å². The summed E-state index contributed by atoms with van der Waals surface area (Å²) in [5.74, 6) is -0.154. The van der Waals surface area contributed by atoms with Crippen LogP contribution in [0.5, 0.6) is 0 Å². The average Bonchev–Trinajstić information content (AvgIpc) is 3.31. The van der Waals surface area contributed by atoms with Crippen LogP contribution in [-0.4, -0.2) is 30.7 Å². The van der Waals surface area contributed by atoms with Crippen molar-refractivity contribution in [3.05, 3.63) is 83.9 Å². The Hall–Kier alpha value is -3.74. The molecule has 0 saturated carbocycles. The predicted octanol–water partition coefficient (Wildman–Crippen LogP) is 3.32. The fourth-order valence-electron chi connectivity index (χ4n) is 3.17. The number of anilines is 1. The third-order valence-electron chi connectivity index (χ3n) is 4.41. The lowest BCUT2D eigenvalue weighted by molar-refractivity contribution is 0.102. The Balaban J connectivity index is 1.62. The molecular formula is C20H18N6O. The summed E-state index contributed by atoms with van der Waals surface area (Å²) >= 11 is 0. The lowest BCUT2D eigenvalue weighted by Crippen LogP contribution is -2.13. The van der Waals surface area contributed by atoms with Gasteiger partial charge in [0.1, 0.15) is 6.33 Å². The van der Waals surface area contributed by atoms with E-state index in [1.54, 1.807) is 0 Å². The third kappa shape index (κ3) is 3.22. The minimum atomic E-state index is -0.154. The van der Waals surface area contributed by atoms with Crippen LogP contribution in [0, 0.1) is 13.8 Å². The van der Waals surface area contributed by atoms with E-state index in [9.17, 15) is 4.79 Å². The molecule has 0 atom stereocenters. The molecule has 4 rings (SSSR count). The minimum absolute atomic E-state index is 0.154. The SMILES string of the molecule is Cc1cc(C(=O)Nc2cccc(-n3cnnn3)c2)c(C)n1-c1ccccc1. The Bertz CT molecular complexity index is 1080. The van der Waals surface area contributed by atoms with Crippen LogP contribution < -0.4 is 5.32 Å². The summed E-state index contributed by atoms with van der Waals surface area (Å²) in [6, 6.07) is 19.3. The molecule has 0 bridgehead atoms. The number of nitrogens with zero attached hydrogens (tertiary/aromatic N) is 5. The van der Waals surface area contributed by atoms with Crippen molar-refractivity contribution in [3.63, 3.8) is 0 Å². The number of benzene rings is 2. The summed E-state index contributed by atoms with van der Waals surface area (Å²) < 4.78 is 3.61. The quantitative estimate of drug-likeness (QED) is 0.607.